The molecule has 0 aromatic heterocycles. The van der Waals surface area contributed by atoms with Crippen LogP contribution in [0.2, 0.25) is 0 Å². The van der Waals surface area contributed by atoms with Crippen molar-refractivity contribution in [3.63, 3.8) is 0 Å². The minimum Gasteiger partial charge on any atom is -0.329 e. The van der Waals surface area contributed by atoms with Gasteiger partial charge >= 0.3 is 5.91 Å². The molecular weight excluding hydrogens is 224 g/mol. The first-order chi connectivity index (χ1) is 8.74. The lowest BCUT2D eigenvalue weighted by atomic mass is 10.0. The Morgan fingerprint density at radius 3 is 2.50 bits per heavy atom. The van der Waals surface area contributed by atoms with Gasteiger partial charge in [0.2, 0.25) is 0 Å². The Kier molecular flexibility index (Phi) is 5.93. The summed E-state index contributed by atoms with van der Waals surface area (Å²) in [5.41, 5.74) is 1.15. The number of likely N-dealkylation sites (N-methyl/N-ethyl adjacent to an activating group) is 1. The zero-order chi connectivity index (χ0) is 13.4. The summed E-state index contributed by atoms with van der Waals surface area (Å²) in [5.74, 6) is -0.0743. The van der Waals surface area contributed by atoms with E-state index < -0.39 is 0 Å². The van der Waals surface area contributed by atoms with Gasteiger partial charge in [0, 0.05) is 6.54 Å². The third-order valence-electron chi connectivity index (χ3n) is 3.00. The van der Waals surface area contributed by atoms with Crippen LogP contribution in [0.4, 0.5) is 0 Å². The standard InChI is InChI=1S/C15H20N2O/c1-4-9-14(13-10-7-6-8-11-13)17(5-2)15(18)12-16-3/h6-8,10-11,14H,4-5,9,12H2,1-2H3/t14-/m0/s1. The summed E-state index contributed by atoms with van der Waals surface area (Å²) in [4.78, 5) is 17.0. The SMILES string of the molecule is [C-]#[N+]CC(=O)N(CC)[C@@H](CCC)c1ccccc1. The molecule has 3 nitrogen and oxygen atoms in total. The Labute approximate surface area is 109 Å². The highest BCUT2D eigenvalue weighted by atomic mass is 16.2. The summed E-state index contributed by atoms with van der Waals surface area (Å²) in [6.45, 7) is 11.5. The summed E-state index contributed by atoms with van der Waals surface area (Å²) in [7, 11) is 0. The molecule has 0 bridgehead atoms. The van der Waals surface area contributed by atoms with Crippen molar-refractivity contribution in [2.45, 2.75) is 32.7 Å². The van der Waals surface area contributed by atoms with E-state index in [0.29, 0.717) is 6.54 Å². The Hall–Kier alpha value is -1.82. The second-order valence-corrected chi connectivity index (χ2v) is 4.21. The molecule has 0 unspecified atom stereocenters. The zero-order valence-corrected chi connectivity index (χ0v) is 11.1. The number of carbonyl (C=O) groups excluding carboxylic acids is 1. The molecule has 1 aromatic rings. The highest BCUT2D eigenvalue weighted by Gasteiger charge is 2.24. The lowest BCUT2D eigenvalue weighted by Crippen LogP contribution is -2.36. The van der Waals surface area contributed by atoms with E-state index in [0.717, 1.165) is 18.4 Å². The van der Waals surface area contributed by atoms with Gasteiger partial charge in [-0.05, 0) is 18.9 Å². The zero-order valence-electron chi connectivity index (χ0n) is 11.1. The fourth-order valence-electron chi connectivity index (χ4n) is 2.18. The van der Waals surface area contributed by atoms with Gasteiger partial charge in [-0.3, -0.25) is 4.79 Å². The highest BCUT2D eigenvalue weighted by Crippen LogP contribution is 2.25. The predicted octanol–water partition coefficient (Wildman–Crippen LogP) is 3.30. The van der Waals surface area contributed by atoms with E-state index in [1.165, 1.54) is 0 Å². The van der Waals surface area contributed by atoms with Crippen LogP contribution in [0.25, 0.3) is 4.85 Å². The first-order valence-corrected chi connectivity index (χ1v) is 6.42. The van der Waals surface area contributed by atoms with E-state index in [1.54, 1.807) is 0 Å². The summed E-state index contributed by atoms with van der Waals surface area (Å²) in [6, 6.07) is 10.2. The molecule has 0 radical (unpaired) electrons. The molecule has 0 N–H and O–H groups in total. The van der Waals surface area contributed by atoms with Crippen LogP contribution in [0, 0.1) is 6.57 Å². The molecule has 0 aliphatic carbocycles. The maximum absolute atomic E-state index is 12.0. The average Bonchev–Trinajstić information content (AvgIpc) is 2.40. The maximum atomic E-state index is 12.0. The monoisotopic (exact) mass is 244 g/mol. The van der Waals surface area contributed by atoms with E-state index in [4.69, 9.17) is 6.57 Å². The smallest absolute Gasteiger partial charge is 0.303 e. The van der Waals surface area contributed by atoms with Crippen molar-refractivity contribution in [2.24, 2.45) is 0 Å². The minimum atomic E-state index is -0.0743. The number of amides is 1. The van der Waals surface area contributed by atoms with Crippen molar-refractivity contribution in [3.05, 3.63) is 47.3 Å². The highest BCUT2D eigenvalue weighted by molar-refractivity contribution is 5.80. The number of benzene rings is 1. The van der Waals surface area contributed by atoms with Crippen molar-refractivity contribution < 1.29 is 4.79 Å². The fourth-order valence-corrected chi connectivity index (χ4v) is 2.18. The van der Waals surface area contributed by atoms with Crippen molar-refractivity contribution in [3.8, 4) is 0 Å². The molecule has 3 heteroatoms. The van der Waals surface area contributed by atoms with Crippen molar-refractivity contribution >= 4 is 5.91 Å². The molecule has 0 spiro atoms. The van der Waals surface area contributed by atoms with Crippen LogP contribution in [0.15, 0.2) is 30.3 Å². The van der Waals surface area contributed by atoms with Gasteiger partial charge in [-0.15, -0.1) is 0 Å². The van der Waals surface area contributed by atoms with E-state index in [9.17, 15) is 4.79 Å². The lowest BCUT2D eigenvalue weighted by Gasteiger charge is -2.29. The van der Waals surface area contributed by atoms with Crippen molar-refractivity contribution in [2.75, 3.05) is 13.1 Å². The lowest BCUT2D eigenvalue weighted by molar-refractivity contribution is -0.131. The molecule has 0 fully saturated rings. The van der Waals surface area contributed by atoms with Crippen LogP contribution in [-0.2, 0) is 4.79 Å². The normalized spacial score (nSPS) is 11.6. The van der Waals surface area contributed by atoms with Crippen LogP contribution in [0.1, 0.15) is 38.3 Å². The minimum absolute atomic E-state index is 0.0547. The molecule has 1 atom stereocenters. The molecular formula is C15H20N2O. The van der Waals surface area contributed by atoms with Gasteiger partial charge in [0.15, 0.2) is 0 Å². The average molecular weight is 244 g/mol. The summed E-state index contributed by atoms with van der Waals surface area (Å²) in [6.07, 6.45) is 1.95. The van der Waals surface area contributed by atoms with Crippen molar-refractivity contribution in [1.29, 1.82) is 0 Å². The Morgan fingerprint density at radius 2 is 2.00 bits per heavy atom. The second-order valence-electron chi connectivity index (χ2n) is 4.21. The quantitative estimate of drug-likeness (QED) is 0.705. The third kappa shape index (κ3) is 3.59. The number of carbonyl (C=O) groups is 1. The van der Waals surface area contributed by atoms with Gasteiger partial charge in [0.05, 0.1) is 6.04 Å². The topological polar surface area (TPSA) is 24.7 Å². The van der Waals surface area contributed by atoms with Gasteiger partial charge in [0.25, 0.3) is 6.54 Å². The predicted molar refractivity (Wildman–Crippen MR) is 72.9 cm³/mol. The van der Waals surface area contributed by atoms with Gasteiger partial charge in [-0.25, -0.2) is 6.57 Å². The fraction of sp³-hybridized carbons (Fsp3) is 0.467. The van der Waals surface area contributed by atoms with Gasteiger partial charge < -0.3 is 9.74 Å². The van der Waals surface area contributed by atoms with E-state index in [2.05, 4.69) is 11.8 Å². The summed E-state index contributed by atoms with van der Waals surface area (Å²) >= 11 is 0. The molecule has 0 saturated heterocycles. The largest absolute Gasteiger partial charge is 0.329 e. The van der Waals surface area contributed by atoms with Gasteiger partial charge in [-0.2, -0.15) is 0 Å². The number of rotatable bonds is 6. The summed E-state index contributed by atoms with van der Waals surface area (Å²) in [5, 5.41) is 0. The molecule has 1 amide bonds. The first kappa shape index (κ1) is 14.2. The number of hydrogen-bond donors (Lipinski definition) is 0. The van der Waals surface area contributed by atoms with E-state index in [1.807, 2.05) is 42.2 Å². The Morgan fingerprint density at radius 1 is 1.33 bits per heavy atom. The first-order valence-electron chi connectivity index (χ1n) is 6.42. The molecule has 96 valence electrons. The second kappa shape index (κ2) is 7.50. The van der Waals surface area contributed by atoms with Crippen LogP contribution >= 0.6 is 0 Å². The molecule has 1 aromatic carbocycles. The maximum Gasteiger partial charge on any atom is 0.303 e. The number of nitrogens with zero attached hydrogens (tertiary/aromatic N) is 2. The molecule has 18 heavy (non-hydrogen) atoms. The van der Waals surface area contributed by atoms with Gasteiger partial charge in [0.1, 0.15) is 0 Å². The molecule has 0 saturated carbocycles. The summed E-state index contributed by atoms with van der Waals surface area (Å²) < 4.78 is 0. The molecule has 1 rings (SSSR count). The van der Waals surface area contributed by atoms with Crippen LogP contribution in [0.3, 0.4) is 0 Å². The molecule has 0 aliphatic heterocycles. The van der Waals surface area contributed by atoms with Crippen LogP contribution < -0.4 is 0 Å². The van der Waals surface area contributed by atoms with E-state index >= 15 is 0 Å². The Bertz CT molecular complexity index is 408. The van der Waals surface area contributed by atoms with Gasteiger partial charge in [-0.1, -0.05) is 43.7 Å². The molecule has 0 aliphatic rings. The third-order valence-corrected chi connectivity index (χ3v) is 3.00. The molecule has 0 heterocycles. The Balaban J connectivity index is 2.96. The van der Waals surface area contributed by atoms with Crippen LogP contribution in [-0.4, -0.2) is 23.9 Å². The number of hydrogen-bond acceptors (Lipinski definition) is 1. The van der Waals surface area contributed by atoms with Crippen molar-refractivity contribution in [1.82, 2.24) is 4.90 Å². The van der Waals surface area contributed by atoms with Crippen LogP contribution in [0.5, 0.6) is 0 Å². The van der Waals surface area contributed by atoms with E-state index in [-0.39, 0.29) is 18.5 Å².